The molecule has 2 rings (SSSR count). The Hall–Kier alpha value is -2.09. The van der Waals surface area contributed by atoms with Crippen molar-refractivity contribution in [1.82, 2.24) is 4.72 Å². The molecule has 1 aliphatic carbocycles. The van der Waals surface area contributed by atoms with Crippen LogP contribution in [0.2, 0.25) is 0 Å². The van der Waals surface area contributed by atoms with Crippen molar-refractivity contribution in [1.29, 1.82) is 0 Å². The lowest BCUT2D eigenvalue weighted by molar-refractivity contribution is -0.114. The van der Waals surface area contributed by atoms with Crippen molar-refractivity contribution in [2.75, 3.05) is 5.32 Å². The number of guanidine groups is 1. The van der Waals surface area contributed by atoms with Gasteiger partial charge in [-0.15, -0.1) is 0 Å². The van der Waals surface area contributed by atoms with E-state index in [4.69, 9.17) is 5.73 Å². The van der Waals surface area contributed by atoms with Gasteiger partial charge in [0.25, 0.3) is 10.0 Å². The number of rotatable bonds is 4. The lowest BCUT2D eigenvalue weighted by Gasteiger charge is -2.18. The van der Waals surface area contributed by atoms with Gasteiger partial charge in [0.2, 0.25) is 11.9 Å². The van der Waals surface area contributed by atoms with E-state index < -0.39 is 10.0 Å². The highest BCUT2D eigenvalue weighted by molar-refractivity contribution is 7.90. The predicted molar refractivity (Wildman–Crippen MR) is 89.6 cm³/mol. The fraction of sp³-hybridized carbons (Fsp3) is 0.467. The number of carbonyl (C=O) groups excluding carboxylic acids is 1. The first-order chi connectivity index (χ1) is 10.9. The third kappa shape index (κ3) is 5.24. The van der Waals surface area contributed by atoms with Crippen molar-refractivity contribution in [2.24, 2.45) is 10.7 Å². The van der Waals surface area contributed by atoms with Crippen molar-refractivity contribution in [3.8, 4) is 0 Å². The van der Waals surface area contributed by atoms with E-state index in [-0.39, 0.29) is 22.8 Å². The van der Waals surface area contributed by atoms with Crippen LogP contribution in [0.15, 0.2) is 34.2 Å². The van der Waals surface area contributed by atoms with Gasteiger partial charge in [0, 0.05) is 12.6 Å². The molecule has 0 bridgehead atoms. The van der Waals surface area contributed by atoms with Gasteiger partial charge in [-0.1, -0.05) is 19.3 Å². The van der Waals surface area contributed by atoms with Crippen molar-refractivity contribution in [3.63, 3.8) is 0 Å². The van der Waals surface area contributed by atoms with Gasteiger partial charge >= 0.3 is 0 Å². The highest BCUT2D eigenvalue weighted by Crippen LogP contribution is 2.20. The van der Waals surface area contributed by atoms with Crippen molar-refractivity contribution >= 4 is 27.6 Å². The highest BCUT2D eigenvalue weighted by Gasteiger charge is 2.17. The van der Waals surface area contributed by atoms with Crippen LogP contribution in [0.5, 0.6) is 0 Å². The summed E-state index contributed by atoms with van der Waals surface area (Å²) in [5.74, 6) is -0.301. The number of hydrogen-bond acceptors (Lipinski definition) is 4. The third-order valence-electron chi connectivity index (χ3n) is 3.62. The summed E-state index contributed by atoms with van der Waals surface area (Å²) in [7, 11) is -3.77. The lowest BCUT2D eigenvalue weighted by Crippen LogP contribution is -2.38. The standard InChI is InChI=1S/C15H22N4O3S/c1-11(20)17-13-7-9-14(10-8-13)23(21,22)19-15(16)18-12-5-3-2-4-6-12/h7-10,12H,2-6H2,1H3,(H,17,20)(H3,16,18,19). The van der Waals surface area contributed by atoms with E-state index >= 15 is 0 Å². The number of sulfonamides is 1. The first kappa shape index (κ1) is 17.3. The number of aliphatic imine (C=N–C) groups is 1. The fourth-order valence-corrected chi connectivity index (χ4v) is 3.49. The van der Waals surface area contributed by atoms with Gasteiger partial charge < -0.3 is 11.1 Å². The second kappa shape index (κ2) is 7.45. The van der Waals surface area contributed by atoms with Crippen LogP contribution in [0, 0.1) is 0 Å². The summed E-state index contributed by atoms with van der Waals surface area (Å²) in [5.41, 5.74) is 6.25. The number of nitrogens with zero attached hydrogens (tertiary/aromatic N) is 1. The zero-order valence-corrected chi connectivity index (χ0v) is 13.9. The number of carbonyl (C=O) groups is 1. The van der Waals surface area contributed by atoms with Gasteiger partial charge in [0.1, 0.15) is 0 Å². The normalized spacial score (nSPS) is 16.8. The van der Waals surface area contributed by atoms with E-state index in [1.54, 1.807) is 0 Å². The molecule has 0 aliphatic heterocycles. The summed E-state index contributed by atoms with van der Waals surface area (Å²) in [6, 6.07) is 5.94. The third-order valence-corrected chi connectivity index (χ3v) is 4.99. The molecule has 0 saturated heterocycles. The minimum atomic E-state index is -3.77. The topological polar surface area (TPSA) is 114 Å². The minimum absolute atomic E-state index is 0.0633. The van der Waals surface area contributed by atoms with Gasteiger partial charge in [-0.05, 0) is 37.1 Å². The summed E-state index contributed by atoms with van der Waals surface area (Å²) in [4.78, 5) is 15.3. The Kier molecular flexibility index (Phi) is 5.59. The molecule has 0 unspecified atom stereocenters. The first-order valence-corrected chi connectivity index (χ1v) is 9.09. The smallest absolute Gasteiger partial charge is 0.264 e. The minimum Gasteiger partial charge on any atom is -0.369 e. The maximum atomic E-state index is 12.3. The molecule has 23 heavy (non-hydrogen) atoms. The first-order valence-electron chi connectivity index (χ1n) is 7.60. The average molecular weight is 338 g/mol. The predicted octanol–water partition coefficient (Wildman–Crippen LogP) is 1.57. The van der Waals surface area contributed by atoms with Crippen LogP contribution in [-0.2, 0) is 14.8 Å². The van der Waals surface area contributed by atoms with Crippen LogP contribution < -0.4 is 15.8 Å². The van der Waals surface area contributed by atoms with Crippen LogP contribution in [0.4, 0.5) is 5.69 Å². The van der Waals surface area contributed by atoms with Gasteiger partial charge in [0.05, 0.1) is 10.9 Å². The van der Waals surface area contributed by atoms with E-state index in [0.717, 1.165) is 25.7 Å². The summed E-state index contributed by atoms with van der Waals surface area (Å²) in [5, 5.41) is 2.58. The average Bonchev–Trinajstić information content (AvgIpc) is 2.47. The van der Waals surface area contributed by atoms with Gasteiger partial charge in [-0.2, -0.15) is 0 Å². The molecule has 8 heteroatoms. The van der Waals surface area contributed by atoms with Crippen molar-refractivity contribution < 1.29 is 13.2 Å². The molecule has 1 amide bonds. The van der Waals surface area contributed by atoms with Crippen LogP contribution in [0.25, 0.3) is 0 Å². The summed E-state index contributed by atoms with van der Waals surface area (Å²) >= 11 is 0. The van der Waals surface area contributed by atoms with Gasteiger partial charge in [-0.3, -0.25) is 4.79 Å². The molecule has 1 fully saturated rings. The van der Waals surface area contributed by atoms with E-state index in [0.29, 0.717) is 5.69 Å². The Bertz CT molecular complexity index is 677. The quantitative estimate of drug-likeness (QED) is 0.571. The van der Waals surface area contributed by atoms with Crippen LogP contribution in [0.1, 0.15) is 39.0 Å². The molecule has 0 radical (unpaired) electrons. The maximum Gasteiger partial charge on any atom is 0.264 e. The number of amides is 1. The number of hydrogen-bond donors (Lipinski definition) is 3. The summed E-state index contributed by atoms with van der Waals surface area (Å²) in [6.45, 7) is 1.38. The van der Waals surface area contributed by atoms with Gasteiger partial charge in [0.15, 0.2) is 0 Å². The number of nitrogens with one attached hydrogen (secondary N) is 2. The van der Waals surface area contributed by atoms with E-state index in [9.17, 15) is 13.2 Å². The largest absolute Gasteiger partial charge is 0.369 e. The molecule has 4 N–H and O–H groups in total. The van der Waals surface area contributed by atoms with Gasteiger partial charge in [-0.25, -0.2) is 18.1 Å². The fourth-order valence-electron chi connectivity index (χ4n) is 2.55. The summed E-state index contributed by atoms with van der Waals surface area (Å²) < 4.78 is 26.8. The summed E-state index contributed by atoms with van der Waals surface area (Å²) in [6.07, 6.45) is 5.26. The Morgan fingerprint density at radius 3 is 2.35 bits per heavy atom. The molecular weight excluding hydrogens is 316 g/mol. The monoisotopic (exact) mass is 338 g/mol. The van der Waals surface area contributed by atoms with E-state index in [2.05, 4.69) is 15.0 Å². The number of nitrogens with two attached hydrogens (primary N) is 1. The zero-order chi connectivity index (χ0) is 16.9. The molecule has 1 aromatic rings. The Balaban J connectivity index is 2.05. The maximum absolute atomic E-state index is 12.3. The molecule has 0 aromatic heterocycles. The Labute approximate surface area is 136 Å². The second-order valence-corrected chi connectivity index (χ2v) is 7.30. The molecule has 1 aliphatic rings. The molecule has 0 atom stereocenters. The number of anilines is 1. The van der Waals surface area contributed by atoms with Crippen molar-refractivity contribution in [3.05, 3.63) is 24.3 Å². The molecule has 126 valence electrons. The molecular formula is C15H22N4O3S. The lowest BCUT2D eigenvalue weighted by atomic mass is 9.96. The molecule has 7 nitrogen and oxygen atoms in total. The van der Waals surface area contributed by atoms with Crippen LogP contribution in [0.3, 0.4) is 0 Å². The Morgan fingerprint density at radius 2 is 1.78 bits per heavy atom. The number of benzene rings is 1. The SMILES string of the molecule is CC(=O)Nc1ccc(S(=O)(=O)NC(N)=NC2CCCCC2)cc1. The zero-order valence-electron chi connectivity index (χ0n) is 13.1. The molecule has 1 aromatic carbocycles. The molecule has 0 spiro atoms. The van der Waals surface area contributed by atoms with Crippen molar-refractivity contribution in [2.45, 2.75) is 50.0 Å². The highest BCUT2D eigenvalue weighted by atomic mass is 32.2. The molecule has 0 heterocycles. The van der Waals surface area contributed by atoms with E-state index in [1.807, 2.05) is 0 Å². The second-order valence-electron chi connectivity index (χ2n) is 5.62. The van der Waals surface area contributed by atoms with E-state index in [1.165, 1.54) is 37.6 Å². The van der Waals surface area contributed by atoms with Crippen LogP contribution >= 0.6 is 0 Å². The van der Waals surface area contributed by atoms with Crippen LogP contribution in [-0.4, -0.2) is 26.3 Å². The molecule has 1 saturated carbocycles. The Morgan fingerprint density at radius 1 is 1.17 bits per heavy atom.